The van der Waals surface area contributed by atoms with Crippen LogP contribution in [0.1, 0.15) is 1.37 Å². The highest BCUT2D eigenvalue weighted by molar-refractivity contribution is 9.10. The van der Waals surface area contributed by atoms with Gasteiger partial charge in [-0.15, -0.1) is 0 Å². The van der Waals surface area contributed by atoms with Crippen molar-refractivity contribution in [2.45, 2.75) is 0 Å². The zero-order valence-corrected chi connectivity index (χ0v) is 9.84. The molecule has 0 aliphatic rings. The van der Waals surface area contributed by atoms with Crippen LogP contribution in [-0.2, 0) is 0 Å². The first-order valence-electron chi connectivity index (χ1n) is 5.58. The maximum atomic E-state index is 7.98. The van der Waals surface area contributed by atoms with Gasteiger partial charge in [-0.2, -0.15) is 0 Å². The Balaban J connectivity index is 2.51. The average molecular weight is 272 g/mol. The van der Waals surface area contributed by atoms with E-state index in [-0.39, 0.29) is 0 Å². The lowest BCUT2D eigenvalue weighted by atomic mass is 10.0. The molecular weight excluding hydrogens is 264 g/mol. The fourth-order valence-corrected chi connectivity index (χ4v) is 2.91. The van der Waals surface area contributed by atoms with Crippen LogP contribution in [-0.4, -0.2) is 0 Å². The third-order valence-electron chi connectivity index (χ3n) is 3.01. The number of hydrogen-bond acceptors (Lipinski definition) is 1. The molecule has 0 fully saturated rings. The molecule has 0 radical (unpaired) electrons. The lowest BCUT2D eigenvalue weighted by Gasteiger charge is -2.02. The minimum absolute atomic E-state index is 0.534. The molecule has 0 saturated carbocycles. The van der Waals surface area contributed by atoms with Crippen molar-refractivity contribution in [1.82, 2.24) is 0 Å². The number of halogens is 1. The lowest BCUT2D eigenvalue weighted by Crippen LogP contribution is -1.77. The molecule has 0 aliphatic carbocycles. The maximum Gasteiger partial charge on any atom is 0.136 e. The lowest BCUT2D eigenvalue weighted by molar-refractivity contribution is 0.669. The van der Waals surface area contributed by atoms with Crippen LogP contribution >= 0.6 is 15.9 Å². The van der Waals surface area contributed by atoms with Crippen molar-refractivity contribution in [3.63, 3.8) is 0 Å². The van der Waals surface area contributed by atoms with Gasteiger partial charge in [-0.3, -0.25) is 0 Å². The summed E-state index contributed by atoms with van der Waals surface area (Å²) in [7, 11) is 0. The SMILES string of the molecule is [2H]c1ccc2oc3cccc4c(Br)cc1c2c34. The van der Waals surface area contributed by atoms with Crippen molar-refractivity contribution in [3.05, 3.63) is 46.9 Å². The Bertz CT molecular complexity index is 852. The first kappa shape index (κ1) is 7.69. The van der Waals surface area contributed by atoms with E-state index in [1.807, 2.05) is 24.3 Å². The van der Waals surface area contributed by atoms with Crippen molar-refractivity contribution in [1.29, 1.82) is 0 Å². The molecule has 1 aromatic heterocycles. The minimum Gasteiger partial charge on any atom is -0.456 e. The van der Waals surface area contributed by atoms with Gasteiger partial charge in [-0.25, -0.2) is 0 Å². The van der Waals surface area contributed by atoms with Crippen LogP contribution in [0.3, 0.4) is 0 Å². The summed E-state index contributed by atoms with van der Waals surface area (Å²) in [6.07, 6.45) is 0. The van der Waals surface area contributed by atoms with E-state index in [1.165, 1.54) is 0 Å². The van der Waals surface area contributed by atoms with Gasteiger partial charge in [-0.05, 0) is 23.6 Å². The zero-order valence-electron chi connectivity index (χ0n) is 9.25. The van der Waals surface area contributed by atoms with Crippen LogP contribution in [0.4, 0.5) is 0 Å². The molecule has 4 rings (SSSR count). The van der Waals surface area contributed by atoms with E-state index in [1.54, 1.807) is 6.07 Å². The van der Waals surface area contributed by atoms with E-state index in [2.05, 4.69) is 22.0 Å². The van der Waals surface area contributed by atoms with Gasteiger partial charge in [0, 0.05) is 20.6 Å². The molecule has 0 saturated heterocycles. The molecule has 1 heterocycles. The molecule has 0 atom stereocenters. The molecule has 0 N–H and O–H groups in total. The number of furan rings is 1. The van der Waals surface area contributed by atoms with E-state index >= 15 is 0 Å². The van der Waals surface area contributed by atoms with Gasteiger partial charge in [0.2, 0.25) is 0 Å². The fraction of sp³-hybridized carbons (Fsp3) is 0. The highest BCUT2D eigenvalue weighted by Gasteiger charge is 2.13. The monoisotopic (exact) mass is 271 g/mol. The normalized spacial score (nSPS) is 12.9. The summed E-state index contributed by atoms with van der Waals surface area (Å²) >= 11 is 3.57. The summed E-state index contributed by atoms with van der Waals surface area (Å²) in [5, 5.41) is 4.25. The summed E-state index contributed by atoms with van der Waals surface area (Å²) < 4.78 is 14.8. The standard InChI is InChI=1S/C14H7BrO/c15-10-7-8-3-1-5-11-13(8)14-9(10)4-2-6-12(14)16-11/h1-7H/i3D. The third kappa shape index (κ3) is 0.908. The van der Waals surface area contributed by atoms with Gasteiger partial charge in [0.05, 0.1) is 1.37 Å². The Morgan fingerprint density at radius 1 is 1.06 bits per heavy atom. The Labute approximate surface area is 102 Å². The van der Waals surface area contributed by atoms with Gasteiger partial charge in [0.15, 0.2) is 0 Å². The Morgan fingerprint density at radius 3 is 2.81 bits per heavy atom. The molecule has 16 heavy (non-hydrogen) atoms. The Hall–Kier alpha value is -1.54. The zero-order chi connectivity index (χ0) is 11.6. The molecule has 0 unspecified atom stereocenters. The number of benzene rings is 3. The first-order chi connectivity index (χ1) is 8.25. The molecule has 1 nitrogen and oxygen atoms in total. The van der Waals surface area contributed by atoms with Crippen molar-refractivity contribution in [2.24, 2.45) is 0 Å². The number of rotatable bonds is 0. The molecule has 0 amide bonds. The molecule has 0 bridgehead atoms. The van der Waals surface area contributed by atoms with E-state index in [0.29, 0.717) is 6.04 Å². The van der Waals surface area contributed by atoms with Crippen LogP contribution in [0.15, 0.2) is 51.3 Å². The van der Waals surface area contributed by atoms with E-state index in [0.717, 1.165) is 37.2 Å². The predicted octanol–water partition coefficient (Wildman–Crippen LogP) is 4.94. The Morgan fingerprint density at radius 2 is 1.88 bits per heavy atom. The van der Waals surface area contributed by atoms with Gasteiger partial charge in [0.1, 0.15) is 11.2 Å². The topological polar surface area (TPSA) is 13.1 Å². The molecule has 0 spiro atoms. The second-order valence-electron chi connectivity index (χ2n) is 3.90. The van der Waals surface area contributed by atoms with Gasteiger partial charge in [0.25, 0.3) is 0 Å². The summed E-state index contributed by atoms with van der Waals surface area (Å²) in [6, 6.07) is 12.2. The second-order valence-corrected chi connectivity index (χ2v) is 4.76. The van der Waals surface area contributed by atoms with Crippen molar-refractivity contribution in [3.8, 4) is 0 Å². The van der Waals surface area contributed by atoms with Crippen LogP contribution in [0.25, 0.3) is 32.7 Å². The van der Waals surface area contributed by atoms with Gasteiger partial charge >= 0.3 is 0 Å². The van der Waals surface area contributed by atoms with Crippen molar-refractivity contribution in [2.75, 3.05) is 0 Å². The average Bonchev–Trinajstić information content (AvgIpc) is 2.70. The molecular formula is C14H7BrO. The van der Waals surface area contributed by atoms with Crippen LogP contribution in [0.2, 0.25) is 0 Å². The molecule has 2 heteroatoms. The largest absolute Gasteiger partial charge is 0.456 e. The summed E-state index contributed by atoms with van der Waals surface area (Å²) in [4.78, 5) is 0. The van der Waals surface area contributed by atoms with Crippen LogP contribution in [0, 0.1) is 0 Å². The highest BCUT2D eigenvalue weighted by Crippen LogP contribution is 2.39. The maximum absolute atomic E-state index is 7.98. The third-order valence-corrected chi connectivity index (χ3v) is 3.67. The second kappa shape index (κ2) is 2.77. The summed E-state index contributed by atoms with van der Waals surface area (Å²) in [5.74, 6) is 0. The van der Waals surface area contributed by atoms with Crippen LogP contribution in [0.5, 0.6) is 0 Å². The van der Waals surface area contributed by atoms with E-state index < -0.39 is 0 Å². The van der Waals surface area contributed by atoms with E-state index in [9.17, 15) is 0 Å². The van der Waals surface area contributed by atoms with E-state index in [4.69, 9.17) is 5.79 Å². The highest BCUT2D eigenvalue weighted by atomic mass is 79.9. The minimum atomic E-state index is 0.534. The van der Waals surface area contributed by atoms with Crippen LogP contribution < -0.4 is 0 Å². The van der Waals surface area contributed by atoms with Gasteiger partial charge < -0.3 is 4.42 Å². The molecule has 0 aliphatic heterocycles. The summed E-state index contributed by atoms with van der Waals surface area (Å²) in [6.45, 7) is 0. The van der Waals surface area contributed by atoms with Gasteiger partial charge in [-0.1, -0.05) is 40.2 Å². The fourth-order valence-electron chi connectivity index (χ4n) is 2.35. The molecule has 76 valence electrons. The summed E-state index contributed by atoms with van der Waals surface area (Å²) in [5.41, 5.74) is 1.74. The molecule has 4 aromatic rings. The predicted molar refractivity (Wildman–Crippen MR) is 70.1 cm³/mol. The van der Waals surface area contributed by atoms with Crippen molar-refractivity contribution >= 4 is 48.6 Å². The Kier molecular flexibility index (Phi) is 1.33. The smallest absolute Gasteiger partial charge is 0.136 e. The van der Waals surface area contributed by atoms with Crippen molar-refractivity contribution < 1.29 is 5.79 Å². The quantitative estimate of drug-likeness (QED) is 0.413. The number of hydrogen-bond donors (Lipinski definition) is 0. The molecule has 3 aromatic carbocycles. The first-order valence-corrected chi connectivity index (χ1v) is 5.87.